The van der Waals surface area contributed by atoms with E-state index in [1.807, 2.05) is 49.4 Å². The summed E-state index contributed by atoms with van der Waals surface area (Å²) in [6.45, 7) is 2.03. The van der Waals surface area contributed by atoms with Gasteiger partial charge in [0.1, 0.15) is 5.75 Å². The smallest absolute Gasteiger partial charge is 0.159 e. The number of halogens is 1. The Bertz CT molecular complexity index is 709. The standard InChI is InChI=1S/C16H13BrN2O/c1-10-4-6-14(12(17)9-10)20-15-7-5-13-11(16(15)18)3-2-8-19-13/h2-9,15,18H,1H3. The van der Waals surface area contributed by atoms with E-state index in [4.69, 9.17) is 10.1 Å². The van der Waals surface area contributed by atoms with Gasteiger partial charge in [0.05, 0.1) is 15.9 Å². The minimum Gasteiger partial charge on any atom is -0.479 e. The third kappa shape index (κ3) is 2.39. The maximum atomic E-state index is 8.26. The lowest BCUT2D eigenvalue weighted by molar-refractivity contribution is 0.310. The topological polar surface area (TPSA) is 46.0 Å². The number of fused-ring (bicyclic) bond motifs is 1. The van der Waals surface area contributed by atoms with Crippen LogP contribution < -0.4 is 4.74 Å². The summed E-state index contributed by atoms with van der Waals surface area (Å²) >= 11 is 3.49. The van der Waals surface area contributed by atoms with Gasteiger partial charge in [0, 0.05) is 11.8 Å². The van der Waals surface area contributed by atoms with E-state index < -0.39 is 0 Å². The number of hydrogen-bond donors (Lipinski definition) is 1. The zero-order chi connectivity index (χ0) is 14.1. The van der Waals surface area contributed by atoms with Crippen LogP contribution in [0.5, 0.6) is 5.75 Å². The minimum atomic E-state index is -0.384. The average molecular weight is 329 g/mol. The van der Waals surface area contributed by atoms with Gasteiger partial charge in [-0.1, -0.05) is 6.07 Å². The molecule has 0 saturated heterocycles. The molecule has 20 heavy (non-hydrogen) atoms. The predicted octanol–water partition coefficient (Wildman–Crippen LogP) is 3.99. The molecule has 0 aliphatic heterocycles. The Balaban J connectivity index is 1.88. The predicted molar refractivity (Wildman–Crippen MR) is 83.4 cm³/mol. The maximum absolute atomic E-state index is 8.26. The summed E-state index contributed by atoms with van der Waals surface area (Å²) in [5, 5.41) is 8.26. The number of nitrogens with zero attached hydrogens (tertiary/aromatic N) is 1. The molecular formula is C16H13BrN2O. The molecule has 0 fully saturated rings. The van der Waals surface area contributed by atoms with Crippen LogP contribution in [0, 0.1) is 12.3 Å². The van der Waals surface area contributed by atoms with E-state index in [9.17, 15) is 0 Å². The molecule has 3 nitrogen and oxygen atoms in total. The highest BCUT2D eigenvalue weighted by molar-refractivity contribution is 9.10. The van der Waals surface area contributed by atoms with Crippen LogP contribution in [0.15, 0.2) is 47.1 Å². The molecule has 0 bridgehead atoms. The van der Waals surface area contributed by atoms with Crippen LogP contribution in [-0.2, 0) is 0 Å². The van der Waals surface area contributed by atoms with Gasteiger partial charge >= 0.3 is 0 Å². The summed E-state index contributed by atoms with van der Waals surface area (Å²) in [5.74, 6) is 0.738. The molecule has 2 aromatic rings. The third-order valence-electron chi connectivity index (χ3n) is 3.18. The molecule has 1 unspecified atom stereocenters. The van der Waals surface area contributed by atoms with Gasteiger partial charge in [-0.3, -0.25) is 4.98 Å². The molecule has 1 N–H and O–H groups in total. The third-order valence-corrected chi connectivity index (χ3v) is 3.80. The van der Waals surface area contributed by atoms with Gasteiger partial charge in [0.15, 0.2) is 6.10 Å². The van der Waals surface area contributed by atoms with Crippen LogP contribution in [0.4, 0.5) is 0 Å². The van der Waals surface area contributed by atoms with E-state index in [2.05, 4.69) is 20.9 Å². The van der Waals surface area contributed by atoms with Gasteiger partial charge < -0.3 is 10.1 Å². The summed E-state index contributed by atoms with van der Waals surface area (Å²) in [5.41, 5.74) is 3.24. The second-order valence-corrected chi connectivity index (χ2v) is 5.54. The average Bonchev–Trinajstić information content (AvgIpc) is 2.45. The van der Waals surface area contributed by atoms with Crippen molar-refractivity contribution in [2.75, 3.05) is 0 Å². The molecule has 1 aliphatic carbocycles. The van der Waals surface area contributed by atoms with Crippen molar-refractivity contribution in [2.24, 2.45) is 0 Å². The van der Waals surface area contributed by atoms with Crippen molar-refractivity contribution in [1.29, 1.82) is 5.41 Å². The van der Waals surface area contributed by atoms with Gasteiger partial charge in [0.2, 0.25) is 0 Å². The molecule has 0 amide bonds. The number of aromatic nitrogens is 1. The van der Waals surface area contributed by atoms with E-state index in [1.54, 1.807) is 6.20 Å². The lowest BCUT2D eigenvalue weighted by atomic mass is 9.97. The fourth-order valence-corrected chi connectivity index (χ4v) is 2.73. The molecule has 0 spiro atoms. The van der Waals surface area contributed by atoms with Crippen molar-refractivity contribution in [3.8, 4) is 5.75 Å². The van der Waals surface area contributed by atoms with Crippen LogP contribution in [-0.4, -0.2) is 16.8 Å². The summed E-state index contributed by atoms with van der Waals surface area (Å²) < 4.78 is 6.82. The Morgan fingerprint density at radius 1 is 1.30 bits per heavy atom. The Labute approximate surface area is 126 Å². The molecule has 1 aliphatic rings. The fraction of sp³-hybridized carbons (Fsp3) is 0.125. The second-order valence-electron chi connectivity index (χ2n) is 4.68. The zero-order valence-electron chi connectivity index (χ0n) is 10.9. The van der Waals surface area contributed by atoms with Crippen LogP contribution in [0.2, 0.25) is 0 Å². The van der Waals surface area contributed by atoms with Crippen molar-refractivity contribution in [1.82, 2.24) is 4.98 Å². The molecule has 1 aromatic heterocycles. The largest absolute Gasteiger partial charge is 0.479 e. The first kappa shape index (κ1) is 13.1. The molecule has 1 atom stereocenters. The van der Waals surface area contributed by atoms with Crippen molar-refractivity contribution in [3.63, 3.8) is 0 Å². The first-order valence-corrected chi connectivity index (χ1v) is 7.09. The van der Waals surface area contributed by atoms with Gasteiger partial charge in [-0.05, 0) is 64.8 Å². The first-order chi connectivity index (χ1) is 9.65. The molecule has 3 rings (SSSR count). The Morgan fingerprint density at radius 3 is 2.95 bits per heavy atom. The van der Waals surface area contributed by atoms with Crippen molar-refractivity contribution in [2.45, 2.75) is 13.0 Å². The highest BCUT2D eigenvalue weighted by atomic mass is 79.9. The number of nitrogens with one attached hydrogen (secondary N) is 1. The second kappa shape index (κ2) is 5.21. The van der Waals surface area contributed by atoms with Crippen LogP contribution >= 0.6 is 15.9 Å². The van der Waals surface area contributed by atoms with Gasteiger partial charge in [0.25, 0.3) is 0 Å². The van der Waals surface area contributed by atoms with E-state index in [0.29, 0.717) is 5.71 Å². The number of ether oxygens (including phenoxy) is 1. The Hall–Kier alpha value is -1.94. The summed E-state index contributed by atoms with van der Waals surface area (Å²) in [6, 6.07) is 9.64. The van der Waals surface area contributed by atoms with Crippen molar-refractivity contribution in [3.05, 3.63) is 63.9 Å². The van der Waals surface area contributed by atoms with Crippen molar-refractivity contribution < 1.29 is 4.74 Å². The number of benzene rings is 1. The molecular weight excluding hydrogens is 316 g/mol. The molecule has 100 valence electrons. The summed E-state index contributed by atoms with van der Waals surface area (Å²) in [7, 11) is 0. The Morgan fingerprint density at radius 2 is 2.15 bits per heavy atom. The number of pyridine rings is 1. The minimum absolute atomic E-state index is 0.384. The van der Waals surface area contributed by atoms with Crippen molar-refractivity contribution >= 4 is 27.7 Å². The van der Waals surface area contributed by atoms with Gasteiger partial charge in [-0.15, -0.1) is 0 Å². The Kier molecular flexibility index (Phi) is 3.40. The lowest BCUT2D eigenvalue weighted by Gasteiger charge is -2.22. The lowest BCUT2D eigenvalue weighted by Crippen LogP contribution is -2.28. The fourth-order valence-electron chi connectivity index (χ4n) is 2.14. The first-order valence-electron chi connectivity index (χ1n) is 6.30. The van der Waals surface area contributed by atoms with E-state index in [1.165, 1.54) is 0 Å². The van der Waals surface area contributed by atoms with E-state index in [0.717, 1.165) is 27.0 Å². The number of hydrogen-bond acceptors (Lipinski definition) is 3. The summed E-state index contributed by atoms with van der Waals surface area (Å²) in [4.78, 5) is 4.25. The summed E-state index contributed by atoms with van der Waals surface area (Å²) in [6.07, 6.45) is 5.11. The van der Waals surface area contributed by atoms with Gasteiger partial charge in [-0.25, -0.2) is 0 Å². The highest BCUT2D eigenvalue weighted by Crippen LogP contribution is 2.28. The van der Waals surface area contributed by atoms with E-state index >= 15 is 0 Å². The quantitative estimate of drug-likeness (QED) is 0.905. The molecule has 1 aromatic carbocycles. The van der Waals surface area contributed by atoms with Crippen LogP contribution in [0.25, 0.3) is 6.08 Å². The number of rotatable bonds is 2. The monoisotopic (exact) mass is 328 g/mol. The molecule has 0 radical (unpaired) electrons. The molecule has 0 saturated carbocycles. The van der Waals surface area contributed by atoms with Crippen LogP contribution in [0.3, 0.4) is 0 Å². The maximum Gasteiger partial charge on any atom is 0.159 e. The number of aryl methyl sites for hydroxylation is 1. The van der Waals surface area contributed by atoms with Gasteiger partial charge in [-0.2, -0.15) is 0 Å². The molecule has 4 heteroatoms. The van der Waals surface area contributed by atoms with E-state index in [-0.39, 0.29) is 6.10 Å². The van der Waals surface area contributed by atoms with Crippen LogP contribution in [0.1, 0.15) is 16.8 Å². The zero-order valence-corrected chi connectivity index (χ0v) is 12.5. The normalized spacial score (nSPS) is 16.9. The SMILES string of the molecule is Cc1ccc(OC2C=Cc3ncccc3C2=N)c(Br)c1. The highest BCUT2D eigenvalue weighted by Gasteiger charge is 2.22. The molecule has 1 heterocycles.